The summed E-state index contributed by atoms with van der Waals surface area (Å²) in [6.07, 6.45) is 2.45. The summed E-state index contributed by atoms with van der Waals surface area (Å²) >= 11 is 0. The lowest BCUT2D eigenvalue weighted by Gasteiger charge is -2.23. The fourth-order valence-corrected chi connectivity index (χ4v) is 2.75. The molecule has 1 aromatic heterocycles. The zero-order chi connectivity index (χ0) is 14.4. The lowest BCUT2D eigenvalue weighted by molar-refractivity contribution is 0.247. The lowest BCUT2D eigenvalue weighted by atomic mass is 10.2. The molecule has 2 rings (SSSR count). The third-order valence-corrected chi connectivity index (χ3v) is 3.89. The second-order valence-electron chi connectivity index (χ2n) is 6.11. The van der Waals surface area contributed by atoms with Gasteiger partial charge in [-0.05, 0) is 72.3 Å². The molecule has 0 amide bonds. The summed E-state index contributed by atoms with van der Waals surface area (Å²) in [5, 5.41) is 0. The summed E-state index contributed by atoms with van der Waals surface area (Å²) in [4.78, 5) is 12.0. The molecule has 0 radical (unpaired) electrons. The molecular formula is C16H28N4. The molecule has 0 aliphatic carbocycles. The fourth-order valence-electron chi connectivity index (χ4n) is 2.75. The van der Waals surface area contributed by atoms with Crippen molar-refractivity contribution in [1.82, 2.24) is 19.7 Å². The predicted octanol–water partition coefficient (Wildman–Crippen LogP) is 1.67. The minimum Gasteiger partial charge on any atom is -0.306 e. The first-order valence-electron chi connectivity index (χ1n) is 7.64. The van der Waals surface area contributed by atoms with Gasteiger partial charge in [-0.15, -0.1) is 0 Å². The Morgan fingerprint density at radius 1 is 0.750 bits per heavy atom. The highest BCUT2D eigenvalue weighted by Crippen LogP contribution is 2.07. The molecule has 0 fully saturated rings. The second kappa shape index (κ2) is 7.72. The summed E-state index contributed by atoms with van der Waals surface area (Å²) in [6.45, 7) is 6.53. The van der Waals surface area contributed by atoms with E-state index in [0.29, 0.717) is 0 Å². The SMILES string of the molecule is CN1CCCN(C)Cc2cccc(n2)CN(C)CCC1. The monoisotopic (exact) mass is 276 g/mol. The quantitative estimate of drug-likeness (QED) is 0.719. The van der Waals surface area contributed by atoms with Gasteiger partial charge in [-0.3, -0.25) is 4.98 Å². The van der Waals surface area contributed by atoms with Gasteiger partial charge >= 0.3 is 0 Å². The van der Waals surface area contributed by atoms with E-state index in [0.717, 1.165) is 26.2 Å². The molecule has 112 valence electrons. The molecule has 20 heavy (non-hydrogen) atoms. The maximum absolute atomic E-state index is 4.78. The number of fused-ring (bicyclic) bond motifs is 2. The molecule has 2 heterocycles. The molecule has 4 heteroatoms. The molecule has 4 nitrogen and oxygen atoms in total. The van der Waals surface area contributed by atoms with Crippen LogP contribution in [0.3, 0.4) is 0 Å². The van der Waals surface area contributed by atoms with Crippen molar-refractivity contribution >= 4 is 0 Å². The zero-order valence-electron chi connectivity index (χ0n) is 13.2. The minimum atomic E-state index is 0.946. The highest BCUT2D eigenvalue weighted by atomic mass is 15.1. The Balaban J connectivity index is 2.05. The Hall–Kier alpha value is -0.970. The Morgan fingerprint density at radius 2 is 1.20 bits per heavy atom. The van der Waals surface area contributed by atoms with E-state index in [4.69, 9.17) is 4.98 Å². The Morgan fingerprint density at radius 3 is 1.70 bits per heavy atom. The van der Waals surface area contributed by atoms with Crippen LogP contribution in [0.25, 0.3) is 0 Å². The highest BCUT2D eigenvalue weighted by molar-refractivity contribution is 5.11. The molecule has 0 saturated heterocycles. The summed E-state index contributed by atoms with van der Waals surface area (Å²) < 4.78 is 0. The fraction of sp³-hybridized carbons (Fsp3) is 0.688. The van der Waals surface area contributed by atoms with Crippen LogP contribution >= 0.6 is 0 Å². The molecule has 0 atom stereocenters. The van der Waals surface area contributed by atoms with Crippen molar-refractivity contribution in [2.24, 2.45) is 0 Å². The van der Waals surface area contributed by atoms with Crippen molar-refractivity contribution in [3.63, 3.8) is 0 Å². The number of nitrogens with zero attached hydrogens (tertiary/aromatic N) is 4. The second-order valence-corrected chi connectivity index (χ2v) is 6.11. The van der Waals surface area contributed by atoms with Crippen LogP contribution in [0.4, 0.5) is 0 Å². The minimum absolute atomic E-state index is 0.946. The van der Waals surface area contributed by atoms with E-state index in [-0.39, 0.29) is 0 Å². The van der Waals surface area contributed by atoms with Crippen LogP contribution in [0, 0.1) is 0 Å². The average Bonchev–Trinajstić information content (AvgIpc) is 2.38. The molecular weight excluding hydrogens is 248 g/mol. The predicted molar refractivity (Wildman–Crippen MR) is 83.6 cm³/mol. The molecule has 1 aliphatic rings. The smallest absolute Gasteiger partial charge is 0.0547 e. The molecule has 0 aromatic carbocycles. The number of hydrogen-bond acceptors (Lipinski definition) is 4. The van der Waals surface area contributed by atoms with Crippen molar-refractivity contribution in [2.75, 3.05) is 47.3 Å². The van der Waals surface area contributed by atoms with Gasteiger partial charge in [0, 0.05) is 13.1 Å². The van der Waals surface area contributed by atoms with Gasteiger partial charge < -0.3 is 14.7 Å². The van der Waals surface area contributed by atoms with Crippen LogP contribution in [-0.2, 0) is 13.1 Å². The van der Waals surface area contributed by atoms with Crippen molar-refractivity contribution in [1.29, 1.82) is 0 Å². The van der Waals surface area contributed by atoms with E-state index >= 15 is 0 Å². The van der Waals surface area contributed by atoms with Gasteiger partial charge in [-0.1, -0.05) is 6.07 Å². The van der Waals surface area contributed by atoms with Gasteiger partial charge in [-0.25, -0.2) is 0 Å². The maximum atomic E-state index is 4.78. The summed E-state index contributed by atoms with van der Waals surface area (Å²) in [5.74, 6) is 0. The zero-order valence-corrected chi connectivity index (χ0v) is 13.2. The number of rotatable bonds is 0. The maximum Gasteiger partial charge on any atom is 0.0547 e. The summed E-state index contributed by atoms with van der Waals surface area (Å²) in [6, 6.07) is 6.41. The standard InChI is InChI=1S/C16H28N4/c1-18-9-5-11-19(2)13-15-7-4-8-16(17-15)14-20(3)12-6-10-18/h4,7-8H,5-6,9-14H2,1-3H3. The molecule has 0 unspecified atom stereocenters. The van der Waals surface area contributed by atoms with Crippen LogP contribution in [0.1, 0.15) is 24.2 Å². The van der Waals surface area contributed by atoms with E-state index < -0.39 is 0 Å². The largest absolute Gasteiger partial charge is 0.306 e. The number of aromatic nitrogens is 1. The van der Waals surface area contributed by atoms with Gasteiger partial charge in [0.25, 0.3) is 0 Å². The summed E-state index contributed by atoms with van der Waals surface area (Å²) in [5.41, 5.74) is 2.37. The van der Waals surface area contributed by atoms with Crippen molar-refractivity contribution in [2.45, 2.75) is 25.9 Å². The van der Waals surface area contributed by atoms with Gasteiger partial charge in [0.1, 0.15) is 0 Å². The van der Waals surface area contributed by atoms with Crippen molar-refractivity contribution < 1.29 is 0 Å². The normalized spacial score (nSPS) is 21.6. The third kappa shape index (κ3) is 5.19. The van der Waals surface area contributed by atoms with Gasteiger partial charge in [0.05, 0.1) is 11.4 Å². The first-order valence-corrected chi connectivity index (χ1v) is 7.64. The van der Waals surface area contributed by atoms with E-state index in [1.54, 1.807) is 0 Å². The highest BCUT2D eigenvalue weighted by Gasteiger charge is 2.08. The molecule has 0 saturated carbocycles. The van der Waals surface area contributed by atoms with Crippen molar-refractivity contribution in [3.8, 4) is 0 Å². The van der Waals surface area contributed by atoms with Crippen LogP contribution < -0.4 is 0 Å². The number of hydrogen-bond donors (Lipinski definition) is 0. The van der Waals surface area contributed by atoms with Gasteiger partial charge in [0.2, 0.25) is 0 Å². The topological polar surface area (TPSA) is 22.6 Å². The molecule has 1 aliphatic heterocycles. The van der Waals surface area contributed by atoms with Gasteiger partial charge in [-0.2, -0.15) is 0 Å². The van der Waals surface area contributed by atoms with Gasteiger partial charge in [0.15, 0.2) is 0 Å². The summed E-state index contributed by atoms with van der Waals surface area (Å²) in [7, 11) is 6.61. The Labute approximate surface area is 123 Å². The first-order chi connectivity index (χ1) is 9.63. The van der Waals surface area contributed by atoms with Crippen LogP contribution in [-0.4, -0.2) is 67.0 Å². The molecule has 0 N–H and O–H groups in total. The number of pyridine rings is 1. The Kier molecular flexibility index (Phi) is 5.95. The third-order valence-electron chi connectivity index (χ3n) is 3.89. The van der Waals surface area contributed by atoms with Crippen molar-refractivity contribution in [3.05, 3.63) is 29.6 Å². The van der Waals surface area contributed by atoms with E-state index in [2.05, 4.69) is 54.0 Å². The van der Waals surface area contributed by atoms with Crippen LogP contribution in [0.5, 0.6) is 0 Å². The molecule has 1 aromatic rings. The Bertz CT molecular complexity index is 374. The lowest BCUT2D eigenvalue weighted by Crippen LogP contribution is -2.29. The van der Waals surface area contributed by atoms with E-state index in [1.165, 1.54) is 37.3 Å². The van der Waals surface area contributed by atoms with Crippen LogP contribution in [0.15, 0.2) is 18.2 Å². The van der Waals surface area contributed by atoms with E-state index in [9.17, 15) is 0 Å². The molecule has 0 spiro atoms. The average molecular weight is 276 g/mol. The first kappa shape index (κ1) is 15.4. The van der Waals surface area contributed by atoms with E-state index in [1.807, 2.05) is 0 Å². The molecule has 2 bridgehead atoms. The van der Waals surface area contributed by atoms with Crippen LogP contribution in [0.2, 0.25) is 0 Å².